The number of nitrogens with one attached hydrogen (secondary N) is 1. The lowest BCUT2D eigenvalue weighted by molar-refractivity contribution is -0.128. The Kier molecular flexibility index (Phi) is 5.96. The van der Waals surface area contributed by atoms with E-state index in [2.05, 4.69) is 21.4 Å². The summed E-state index contributed by atoms with van der Waals surface area (Å²) in [6.07, 6.45) is 3.19. The number of pyridine rings is 1. The lowest BCUT2D eigenvalue weighted by Gasteiger charge is -2.25. The van der Waals surface area contributed by atoms with Crippen molar-refractivity contribution < 1.29 is 14.7 Å². The second-order valence-corrected chi connectivity index (χ2v) is 8.92. The number of likely N-dealkylation sites (tertiary alicyclic amines) is 1. The van der Waals surface area contributed by atoms with Gasteiger partial charge in [0.2, 0.25) is 5.91 Å². The zero-order valence-electron chi connectivity index (χ0n) is 15.6. The number of anilines is 1. The van der Waals surface area contributed by atoms with Gasteiger partial charge >= 0.3 is 5.97 Å². The lowest BCUT2D eigenvalue weighted by atomic mass is 10.2. The van der Waals surface area contributed by atoms with Crippen molar-refractivity contribution in [2.45, 2.75) is 23.2 Å². The molecule has 1 amide bonds. The molecule has 1 aliphatic rings. The number of carboxylic acid groups (broad SMARTS) is 1. The Morgan fingerprint density at radius 2 is 2.28 bits per heavy atom. The molecule has 150 valence electrons. The SMILES string of the molecule is O=C(O)c1csc(SCCN2C(=O)CC[C@@H]2CNc2ccc3ncccc3c2)n1. The van der Waals surface area contributed by atoms with E-state index >= 15 is 0 Å². The smallest absolute Gasteiger partial charge is 0.355 e. The van der Waals surface area contributed by atoms with Crippen molar-refractivity contribution in [2.75, 3.05) is 24.2 Å². The molecule has 1 aromatic carbocycles. The van der Waals surface area contributed by atoms with Crippen LogP contribution in [-0.4, -0.2) is 56.7 Å². The third-order valence-corrected chi connectivity index (χ3v) is 6.86. The van der Waals surface area contributed by atoms with Crippen LogP contribution in [0.1, 0.15) is 23.3 Å². The van der Waals surface area contributed by atoms with E-state index in [0.29, 0.717) is 29.6 Å². The molecular weight excluding hydrogens is 408 g/mol. The van der Waals surface area contributed by atoms with Crippen LogP contribution in [0.15, 0.2) is 46.2 Å². The first-order valence-corrected chi connectivity index (χ1v) is 11.2. The van der Waals surface area contributed by atoms with Gasteiger partial charge in [-0.25, -0.2) is 9.78 Å². The van der Waals surface area contributed by atoms with Gasteiger partial charge in [-0.05, 0) is 30.7 Å². The Labute approximate surface area is 176 Å². The van der Waals surface area contributed by atoms with Gasteiger partial charge in [-0.15, -0.1) is 11.3 Å². The summed E-state index contributed by atoms with van der Waals surface area (Å²) in [5, 5.41) is 15.0. The first-order chi connectivity index (χ1) is 14.1. The lowest BCUT2D eigenvalue weighted by Crippen LogP contribution is -2.39. The van der Waals surface area contributed by atoms with Crippen LogP contribution < -0.4 is 5.32 Å². The van der Waals surface area contributed by atoms with Gasteiger partial charge in [0.25, 0.3) is 0 Å². The number of amides is 1. The number of rotatable bonds is 8. The fourth-order valence-electron chi connectivity index (χ4n) is 3.39. The highest BCUT2D eigenvalue weighted by Crippen LogP contribution is 2.25. The molecule has 3 aromatic rings. The van der Waals surface area contributed by atoms with Crippen molar-refractivity contribution in [2.24, 2.45) is 0 Å². The number of hydrogen-bond acceptors (Lipinski definition) is 7. The van der Waals surface area contributed by atoms with Crippen molar-refractivity contribution in [1.29, 1.82) is 0 Å². The average Bonchev–Trinajstić information content (AvgIpc) is 3.34. The summed E-state index contributed by atoms with van der Waals surface area (Å²) in [4.78, 5) is 33.5. The maximum Gasteiger partial charge on any atom is 0.355 e. The topological polar surface area (TPSA) is 95.4 Å². The quantitative estimate of drug-likeness (QED) is 0.530. The summed E-state index contributed by atoms with van der Waals surface area (Å²) < 4.78 is 0.716. The maximum absolute atomic E-state index is 12.3. The van der Waals surface area contributed by atoms with Gasteiger partial charge in [-0.3, -0.25) is 9.78 Å². The van der Waals surface area contributed by atoms with Crippen LogP contribution in [0.3, 0.4) is 0 Å². The Bertz CT molecular complexity index is 1040. The Balaban J connectivity index is 1.31. The maximum atomic E-state index is 12.3. The molecular formula is C20H20N4O3S2. The Morgan fingerprint density at radius 1 is 1.38 bits per heavy atom. The van der Waals surface area contributed by atoms with Gasteiger partial charge in [0.05, 0.1) is 5.52 Å². The van der Waals surface area contributed by atoms with Crippen LogP contribution >= 0.6 is 23.1 Å². The number of carbonyl (C=O) groups is 2. The molecule has 0 unspecified atom stereocenters. The number of fused-ring (bicyclic) bond motifs is 1. The summed E-state index contributed by atoms with van der Waals surface area (Å²) in [5.74, 6) is -0.153. The van der Waals surface area contributed by atoms with Gasteiger partial charge in [0.15, 0.2) is 10.0 Å². The number of aromatic nitrogens is 2. The molecule has 3 heterocycles. The molecule has 29 heavy (non-hydrogen) atoms. The molecule has 2 N–H and O–H groups in total. The predicted octanol–water partition coefficient (Wildman–Crippen LogP) is 3.58. The van der Waals surface area contributed by atoms with Crippen LogP contribution in [0.2, 0.25) is 0 Å². The molecule has 2 aromatic heterocycles. The van der Waals surface area contributed by atoms with Crippen LogP contribution in [0.25, 0.3) is 10.9 Å². The highest BCUT2D eigenvalue weighted by molar-refractivity contribution is 8.01. The van der Waals surface area contributed by atoms with E-state index in [-0.39, 0.29) is 17.6 Å². The number of hydrogen-bond donors (Lipinski definition) is 2. The van der Waals surface area contributed by atoms with E-state index in [1.807, 2.05) is 29.2 Å². The third kappa shape index (κ3) is 4.68. The monoisotopic (exact) mass is 428 g/mol. The normalized spacial score (nSPS) is 16.5. The summed E-state index contributed by atoms with van der Waals surface area (Å²) in [7, 11) is 0. The van der Waals surface area contributed by atoms with Crippen LogP contribution in [0.4, 0.5) is 5.69 Å². The fourth-order valence-corrected chi connectivity index (χ4v) is 5.20. The number of carboxylic acids is 1. The fraction of sp³-hybridized carbons (Fsp3) is 0.300. The first-order valence-electron chi connectivity index (χ1n) is 9.30. The van der Waals surface area contributed by atoms with E-state index < -0.39 is 5.97 Å². The van der Waals surface area contributed by atoms with E-state index in [1.165, 1.54) is 28.5 Å². The van der Waals surface area contributed by atoms with Gasteiger partial charge in [-0.1, -0.05) is 17.8 Å². The van der Waals surface area contributed by atoms with E-state index in [0.717, 1.165) is 23.0 Å². The molecule has 1 atom stereocenters. The summed E-state index contributed by atoms with van der Waals surface area (Å²) in [6.45, 7) is 1.32. The molecule has 1 fully saturated rings. The molecule has 0 aliphatic carbocycles. The third-order valence-electron chi connectivity index (χ3n) is 4.86. The van der Waals surface area contributed by atoms with Crippen LogP contribution in [0, 0.1) is 0 Å². The number of benzene rings is 1. The summed E-state index contributed by atoms with van der Waals surface area (Å²) in [6, 6.07) is 10.2. The van der Waals surface area contributed by atoms with Gasteiger partial charge in [-0.2, -0.15) is 0 Å². The molecule has 7 nitrogen and oxygen atoms in total. The minimum absolute atomic E-state index is 0.0717. The van der Waals surface area contributed by atoms with E-state index in [1.54, 1.807) is 6.20 Å². The number of carbonyl (C=O) groups excluding carboxylic acids is 1. The molecule has 1 saturated heterocycles. The van der Waals surface area contributed by atoms with Crippen LogP contribution in [0.5, 0.6) is 0 Å². The molecule has 9 heteroatoms. The molecule has 4 rings (SSSR count). The van der Waals surface area contributed by atoms with Gasteiger partial charge in [0.1, 0.15) is 0 Å². The predicted molar refractivity (Wildman–Crippen MR) is 115 cm³/mol. The molecule has 0 saturated carbocycles. The molecule has 0 spiro atoms. The number of nitrogens with zero attached hydrogens (tertiary/aromatic N) is 3. The van der Waals surface area contributed by atoms with Gasteiger partial charge < -0.3 is 15.3 Å². The van der Waals surface area contributed by atoms with Gasteiger partial charge in [0, 0.05) is 54.0 Å². The number of aromatic carboxylic acids is 1. The Hall–Kier alpha value is -2.65. The van der Waals surface area contributed by atoms with E-state index in [9.17, 15) is 9.59 Å². The second kappa shape index (κ2) is 8.79. The summed E-state index contributed by atoms with van der Waals surface area (Å²) >= 11 is 2.81. The standard InChI is InChI=1S/C20H20N4O3S2/c25-18-6-4-15(11-22-14-3-5-16-13(10-14)2-1-7-21-16)24(18)8-9-28-20-23-17(12-29-20)19(26)27/h1-3,5,7,10,12,15,22H,4,6,8-9,11H2,(H,26,27)/t15-/m1/s1. The van der Waals surface area contributed by atoms with E-state index in [4.69, 9.17) is 5.11 Å². The largest absolute Gasteiger partial charge is 0.476 e. The Morgan fingerprint density at radius 3 is 3.10 bits per heavy atom. The van der Waals surface area contributed by atoms with Crippen molar-refractivity contribution in [3.8, 4) is 0 Å². The molecule has 0 bridgehead atoms. The van der Waals surface area contributed by atoms with Crippen molar-refractivity contribution in [3.63, 3.8) is 0 Å². The van der Waals surface area contributed by atoms with Crippen molar-refractivity contribution in [3.05, 3.63) is 47.6 Å². The van der Waals surface area contributed by atoms with Crippen LogP contribution in [-0.2, 0) is 4.79 Å². The van der Waals surface area contributed by atoms with Crippen molar-refractivity contribution in [1.82, 2.24) is 14.9 Å². The zero-order chi connectivity index (χ0) is 20.2. The molecule has 1 aliphatic heterocycles. The highest BCUT2D eigenvalue weighted by atomic mass is 32.2. The number of thiazole rings is 1. The number of thioether (sulfide) groups is 1. The average molecular weight is 429 g/mol. The minimum atomic E-state index is -1.02. The first kappa shape index (κ1) is 19.7. The molecule has 0 radical (unpaired) electrons. The van der Waals surface area contributed by atoms with Crippen molar-refractivity contribution >= 4 is 51.6 Å². The zero-order valence-corrected chi connectivity index (χ0v) is 17.2. The highest BCUT2D eigenvalue weighted by Gasteiger charge is 2.30. The second-order valence-electron chi connectivity index (χ2n) is 6.72. The minimum Gasteiger partial charge on any atom is -0.476 e. The summed E-state index contributed by atoms with van der Waals surface area (Å²) in [5.41, 5.74) is 2.05.